The molecule has 0 aliphatic carbocycles. The Labute approximate surface area is 223 Å². The van der Waals surface area contributed by atoms with Crippen molar-refractivity contribution in [1.29, 1.82) is 0 Å². The maximum atomic E-state index is 13.4. The van der Waals surface area contributed by atoms with Gasteiger partial charge in [-0.15, -0.1) is 0 Å². The quantitative estimate of drug-likeness (QED) is 0.217. The number of Topliss-reactive ketones (excluding diaryl/α,β-unsaturated/α-hetero) is 1. The molecule has 0 bridgehead atoms. The van der Waals surface area contributed by atoms with Crippen molar-refractivity contribution in [1.82, 2.24) is 4.90 Å². The minimum absolute atomic E-state index is 0.00175. The predicted molar refractivity (Wildman–Crippen MR) is 145 cm³/mol. The zero-order chi connectivity index (χ0) is 27.4. The van der Waals surface area contributed by atoms with Crippen molar-refractivity contribution >= 4 is 17.4 Å². The van der Waals surface area contributed by atoms with Gasteiger partial charge in [0.05, 0.1) is 30.9 Å². The second-order valence-electron chi connectivity index (χ2n) is 9.71. The minimum Gasteiger partial charge on any atom is -0.507 e. The third-order valence-electron chi connectivity index (χ3n) is 6.10. The third-order valence-corrected chi connectivity index (χ3v) is 6.10. The largest absolute Gasteiger partial charge is 0.507 e. The Balaban J connectivity index is 1.80. The summed E-state index contributed by atoms with van der Waals surface area (Å²) >= 11 is 0. The molecule has 3 aromatic carbocycles. The average Bonchev–Trinajstić information content (AvgIpc) is 3.13. The maximum absolute atomic E-state index is 13.4. The van der Waals surface area contributed by atoms with E-state index >= 15 is 0 Å². The Bertz CT molecular complexity index is 1330. The fraction of sp³-hybridized carbons (Fsp3) is 0.290. The van der Waals surface area contributed by atoms with Crippen LogP contribution in [-0.4, -0.2) is 41.0 Å². The van der Waals surface area contributed by atoms with E-state index in [9.17, 15) is 14.7 Å². The summed E-state index contributed by atoms with van der Waals surface area (Å²) in [5.41, 5.74) is 1.94. The van der Waals surface area contributed by atoms with Crippen LogP contribution in [0.25, 0.3) is 5.76 Å². The second kappa shape index (κ2) is 11.4. The number of aliphatic hydroxyl groups is 1. The molecule has 0 aromatic heterocycles. The van der Waals surface area contributed by atoms with E-state index in [-0.39, 0.29) is 30.1 Å². The number of benzene rings is 3. The SMILES string of the molecule is COc1ccc(CN2C(=O)C(=O)/C(=C(\O)c3cccc(OC(C)C)c3)C2c2ccc(OC(C)C)cc2)cc1. The van der Waals surface area contributed by atoms with E-state index in [4.69, 9.17) is 14.2 Å². The lowest BCUT2D eigenvalue weighted by atomic mass is 9.95. The molecule has 1 aliphatic heterocycles. The third kappa shape index (κ3) is 5.83. The summed E-state index contributed by atoms with van der Waals surface area (Å²) in [5, 5.41) is 11.4. The fourth-order valence-corrected chi connectivity index (χ4v) is 4.46. The van der Waals surface area contributed by atoms with Gasteiger partial charge in [0.2, 0.25) is 0 Å². The molecule has 1 N–H and O–H groups in total. The molecule has 1 unspecified atom stereocenters. The first-order valence-electron chi connectivity index (χ1n) is 12.6. The van der Waals surface area contributed by atoms with E-state index in [0.717, 1.165) is 5.56 Å². The van der Waals surface area contributed by atoms with Crippen molar-refractivity contribution in [2.24, 2.45) is 0 Å². The summed E-state index contributed by atoms with van der Waals surface area (Å²) in [6.45, 7) is 7.87. The monoisotopic (exact) mass is 515 g/mol. The number of likely N-dealkylation sites (tertiary alicyclic amines) is 1. The van der Waals surface area contributed by atoms with Crippen LogP contribution in [0.4, 0.5) is 0 Å². The molecular weight excluding hydrogens is 482 g/mol. The van der Waals surface area contributed by atoms with Crippen LogP contribution < -0.4 is 14.2 Å². The Hall–Kier alpha value is -4.26. The Morgan fingerprint density at radius 2 is 1.45 bits per heavy atom. The molecule has 0 radical (unpaired) electrons. The molecule has 7 heteroatoms. The molecule has 0 spiro atoms. The molecule has 0 saturated carbocycles. The van der Waals surface area contributed by atoms with E-state index < -0.39 is 17.7 Å². The van der Waals surface area contributed by atoms with Gasteiger partial charge < -0.3 is 24.2 Å². The first kappa shape index (κ1) is 26.8. The molecule has 38 heavy (non-hydrogen) atoms. The van der Waals surface area contributed by atoms with Crippen LogP contribution in [0.15, 0.2) is 78.4 Å². The van der Waals surface area contributed by atoms with Crippen molar-refractivity contribution in [3.8, 4) is 17.2 Å². The first-order valence-corrected chi connectivity index (χ1v) is 12.6. The number of nitrogens with zero attached hydrogens (tertiary/aromatic N) is 1. The number of methoxy groups -OCH3 is 1. The highest BCUT2D eigenvalue weighted by molar-refractivity contribution is 6.46. The van der Waals surface area contributed by atoms with Gasteiger partial charge in [0, 0.05) is 12.1 Å². The molecule has 1 heterocycles. The summed E-state index contributed by atoms with van der Waals surface area (Å²) in [5.74, 6) is 0.264. The topological polar surface area (TPSA) is 85.3 Å². The summed E-state index contributed by atoms with van der Waals surface area (Å²) in [6, 6.07) is 20.7. The molecule has 1 saturated heterocycles. The summed E-state index contributed by atoms with van der Waals surface area (Å²) in [6.07, 6.45) is -0.0593. The van der Waals surface area contributed by atoms with E-state index in [1.54, 1.807) is 55.6 Å². The normalized spacial score (nSPS) is 16.8. The van der Waals surface area contributed by atoms with Crippen LogP contribution in [0, 0.1) is 0 Å². The van der Waals surface area contributed by atoms with Crippen molar-refractivity contribution in [2.75, 3.05) is 7.11 Å². The van der Waals surface area contributed by atoms with Crippen molar-refractivity contribution in [2.45, 2.75) is 52.5 Å². The number of hydrogen-bond acceptors (Lipinski definition) is 6. The van der Waals surface area contributed by atoms with Gasteiger partial charge >= 0.3 is 0 Å². The molecule has 4 rings (SSSR count). The van der Waals surface area contributed by atoms with Crippen molar-refractivity contribution < 1.29 is 28.9 Å². The Morgan fingerprint density at radius 1 is 0.842 bits per heavy atom. The second-order valence-corrected chi connectivity index (χ2v) is 9.71. The number of amides is 1. The van der Waals surface area contributed by atoms with E-state index in [2.05, 4.69) is 0 Å². The number of aliphatic hydroxyl groups excluding tert-OH is 1. The Morgan fingerprint density at radius 3 is 2.05 bits per heavy atom. The van der Waals surface area contributed by atoms with Crippen molar-refractivity contribution in [3.05, 3.63) is 95.1 Å². The zero-order valence-corrected chi connectivity index (χ0v) is 22.3. The maximum Gasteiger partial charge on any atom is 0.295 e. The standard InChI is InChI=1S/C31H33NO6/c1-19(2)37-25-15-11-22(12-16-25)28-27(29(33)23-7-6-8-26(17-23)38-20(3)4)30(34)31(35)32(28)18-21-9-13-24(36-5)14-10-21/h6-17,19-20,28,33H,18H2,1-5H3/b29-27-. The van der Waals surface area contributed by atoms with Crippen LogP contribution in [0.2, 0.25) is 0 Å². The van der Waals surface area contributed by atoms with Crippen LogP contribution in [0.5, 0.6) is 17.2 Å². The van der Waals surface area contributed by atoms with Gasteiger partial charge in [0.25, 0.3) is 11.7 Å². The van der Waals surface area contributed by atoms with Gasteiger partial charge in [-0.3, -0.25) is 9.59 Å². The summed E-state index contributed by atoms with van der Waals surface area (Å²) in [7, 11) is 1.58. The summed E-state index contributed by atoms with van der Waals surface area (Å²) < 4.78 is 16.8. The van der Waals surface area contributed by atoms with Crippen LogP contribution in [0.3, 0.4) is 0 Å². The lowest BCUT2D eigenvalue weighted by Gasteiger charge is -2.26. The molecule has 1 aliphatic rings. The van der Waals surface area contributed by atoms with E-state index in [1.807, 2.05) is 52.0 Å². The number of rotatable bonds is 9. The first-order chi connectivity index (χ1) is 18.2. The number of carbonyl (C=O) groups excluding carboxylic acids is 2. The van der Waals surface area contributed by atoms with Gasteiger partial charge in [-0.25, -0.2) is 0 Å². The molecule has 1 atom stereocenters. The van der Waals surface area contributed by atoms with Gasteiger partial charge in [-0.1, -0.05) is 36.4 Å². The van der Waals surface area contributed by atoms with Gasteiger partial charge in [-0.05, 0) is 75.2 Å². The summed E-state index contributed by atoms with van der Waals surface area (Å²) in [4.78, 5) is 28.2. The highest BCUT2D eigenvalue weighted by Gasteiger charge is 2.46. The molecule has 7 nitrogen and oxygen atoms in total. The van der Waals surface area contributed by atoms with Gasteiger partial charge in [-0.2, -0.15) is 0 Å². The molecule has 1 amide bonds. The Kier molecular flexibility index (Phi) is 8.05. The van der Waals surface area contributed by atoms with Crippen LogP contribution in [0.1, 0.15) is 50.4 Å². The van der Waals surface area contributed by atoms with Crippen LogP contribution in [-0.2, 0) is 16.1 Å². The highest BCUT2D eigenvalue weighted by atomic mass is 16.5. The molecule has 1 fully saturated rings. The highest BCUT2D eigenvalue weighted by Crippen LogP contribution is 2.41. The fourth-order valence-electron chi connectivity index (χ4n) is 4.46. The number of hydrogen-bond donors (Lipinski definition) is 1. The molecular formula is C31H33NO6. The predicted octanol–water partition coefficient (Wildman–Crippen LogP) is 5.89. The van der Waals surface area contributed by atoms with E-state index in [0.29, 0.717) is 28.4 Å². The molecule has 198 valence electrons. The lowest BCUT2D eigenvalue weighted by Crippen LogP contribution is -2.29. The lowest BCUT2D eigenvalue weighted by molar-refractivity contribution is -0.140. The smallest absolute Gasteiger partial charge is 0.295 e. The number of ketones is 1. The molecule has 3 aromatic rings. The van der Waals surface area contributed by atoms with Crippen molar-refractivity contribution in [3.63, 3.8) is 0 Å². The van der Waals surface area contributed by atoms with Gasteiger partial charge in [0.1, 0.15) is 23.0 Å². The van der Waals surface area contributed by atoms with Gasteiger partial charge in [0.15, 0.2) is 0 Å². The minimum atomic E-state index is -0.792. The van der Waals surface area contributed by atoms with E-state index in [1.165, 1.54) is 4.90 Å². The number of carbonyl (C=O) groups is 2. The zero-order valence-electron chi connectivity index (χ0n) is 22.3. The average molecular weight is 516 g/mol. The van der Waals surface area contributed by atoms with Crippen LogP contribution >= 0.6 is 0 Å². The number of ether oxygens (including phenoxy) is 3.